The van der Waals surface area contributed by atoms with Gasteiger partial charge in [0.25, 0.3) is 0 Å². The van der Waals surface area contributed by atoms with E-state index in [2.05, 4.69) is 20.8 Å². The molecule has 29 heavy (non-hydrogen) atoms. The van der Waals surface area contributed by atoms with Crippen molar-refractivity contribution >= 4 is 39.2 Å². The van der Waals surface area contributed by atoms with E-state index in [1.807, 2.05) is 42.5 Å². The molecule has 0 unspecified atom stereocenters. The van der Waals surface area contributed by atoms with Crippen LogP contribution < -0.4 is 10.6 Å². The van der Waals surface area contributed by atoms with Crippen LogP contribution in [0, 0.1) is 5.82 Å². The molecule has 7 heteroatoms. The number of halogens is 1. The van der Waals surface area contributed by atoms with Gasteiger partial charge in [0.1, 0.15) is 17.3 Å². The largest absolute Gasteiger partial charge is 0.344 e. The molecule has 0 aliphatic carbocycles. The topological polar surface area (TPSA) is 86.9 Å². The Balaban J connectivity index is 1.53. The molecule has 144 valence electrons. The normalized spacial score (nSPS) is 16.3. The van der Waals surface area contributed by atoms with Gasteiger partial charge >= 0.3 is 0 Å². The number of hydrogen-bond acceptors (Lipinski definition) is 3. The molecule has 1 saturated heterocycles. The number of aromatic amines is 1. The molecule has 6 nitrogen and oxygen atoms in total. The molecule has 3 aromatic carbocycles. The summed E-state index contributed by atoms with van der Waals surface area (Å²) in [5.74, 6) is -1.02. The lowest BCUT2D eigenvalue weighted by molar-refractivity contribution is -0.122. The molecule has 1 aliphatic rings. The molecule has 1 aliphatic heterocycles. The summed E-state index contributed by atoms with van der Waals surface area (Å²) in [6.07, 6.45) is 0.753. The van der Waals surface area contributed by atoms with Crippen LogP contribution in [0.25, 0.3) is 32.9 Å². The monoisotopic (exact) mass is 388 g/mol. The Morgan fingerprint density at radius 1 is 1.10 bits per heavy atom. The molecule has 3 N–H and O–H groups in total. The summed E-state index contributed by atoms with van der Waals surface area (Å²) >= 11 is 0. The van der Waals surface area contributed by atoms with E-state index < -0.39 is 11.9 Å². The van der Waals surface area contributed by atoms with E-state index in [1.165, 1.54) is 6.07 Å². The van der Waals surface area contributed by atoms with Crippen LogP contribution in [-0.2, 0) is 9.59 Å². The highest BCUT2D eigenvalue weighted by molar-refractivity contribution is 6.02. The fraction of sp³-hybridized carbons (Fsp3) is 0.136. The Kier molecular flexibility index (Phi) is 4.01. The number of carbonyl (C=O) groups excluding carboxylic acids is 2. The summed E-state index contributed by atoms with van der Waals surface area (Å²) in [6, 6.07) is 16.3. The number of hydrogen-bond donors (Lipinski definition) is 3. The molecule has 2 heterocycles. The van der Waals surface area contributed by atoms with Gasteiger partial charge in [-0.05, 0) is 35.4 Å². The van der Waals surface area contributed by atoms with Crippen molar-refractivity contribution < 1.29 is 14.0 Å². The summed E-state index contributed by atoms with van der Waals surface area (Å²) in [4.78, 5) is 23.7. The lowest BCUT2D eigenvalue weighted by atomic mass is 10.0. The lowest BCUT2D eigenvalue weighted by Crippen LogP contribution is -2.37. The fourth-order valence-electron chi connectivity index (χ4n) is 3.75. The third kappa shape index (κ3) is 3.10. The third-order valence-electron chi connectivity index (χ3n) is 5.23. The summed E-state index contributed by atoms with van der Waals surface area (Å²) in [7, 11) is 0. The minimum atomic E-state index is -0.592. The average Bonchev–Trinajstić information content (AvgIpc) is 3.34. The van der Waals surface area contributed by atoms with Crippen LogP contribution in [0.3, 0.4) is 0 Å². The van der Waals surface area contributed by atoms with Crippen molar-refractivity contribution in [3.8, 4) is 11.3 Å². The Bertz CT molecular complexity index is 1280. The van der Waals surface area contributed by atoms with Gasteiger partial charge in [0.15, 0.2) is 5.82 Å². The predicted octanol–water partition coefficient (Wildman–Crippen LogP) is 3.74. The SMILES string of the molecule is O=C1CC[C@@H](C(=O)Nc2cc(F)c3[nH]nc(-c4ccc5ccccc5c4)c3c2)N1. The number of amides is 2. The first-order chi connectivity index (χ1) is 14.1. The van der Waals surface area contributed by atoms with Crippen LogP contribution in [0.1, 0.15) is 12.8 Å². The van der Waals surface area contributed by atoms with E-state index in [0.29, 0.717) is 29.6 Å². The lowest BCUT2D eigenvalue weighted by Gasteiger charge is -2.11. The molecular weight excluding hydrogens is 371 g/mol. The highest BCUT2D eigenvalue weighted by Gasteiger charge is 2.27. The molecule has 0 radical (unpaired) electrons. The number of carbonyl (C=O) groups is 2. The number of aromatic nitrogens is 2. The van der Waals surface area contributed by atoms with Gasteiger partial charge in [0.05, 0.1) is 0 Å². The molecule has 4 aromatic rings. The molecule has 0 spiro atoms. The van der Waals surface area contributed by atoms with Crippen molar-refractivity contribution in [2.24, 2.45) is 0 Å². The summed E-state index contributed by atoms with van der Waals surface area (Å²) < 4.78 is 14.6. The van der Waals surface area contributed by atoms with Gasteiger partial charge in [0, 0.05) is 23.1 Å². The standard InChI is InChI=1S/C22H17FN4O2/c23-17-11-15(24-22(29)18-7-8-19(28)25-18)10-16-20(26-27-21(16)17)14-6-5-12-3-1-2-4-13(12)9-14/h1-6,9-11,18H,7-8H2,(H,24,29)(H,25,28)(H,26,27)/t18-/m0/s1. The number of benzene rings is 3. The van der Waals surface area contributed by atoms with Gasteiger partial charge in [0.2, 0.25) is 11.8 Å². The van der Waals surface area contributed by atoms with E-state index in [1.54, 1.807) is 6.07 Å². The average molecular weight is 388 g/mol. The van der Waals surface area contributed by atoms with Crippen LogP contribution in [0.15, 0.2) is 54.6 Å². The Morgan fingerprint density at radius 3 is 2.72 bits per heavy atom. The number of fused-ring (bicyclic) bond motifs is 2. The molecule has 2 amide bonds. The molecule has 5 rings (SSSR count). The first-order valence-electron chi connectivity index (χ1n) is 9.35. The molecule has 1 aromatic heterocycles. The fourth-order valence-corrected chi connectivity index (χ4v) is 3.75. The summed E-state index contributed by atoms with van der Waals surface area (Å²) in [5.41, 5.74) is 2.06. The number of nitrogens with one attached hydrogen (secondary N) is 3. The number of H-pyrrole nitrogens is 1. The second-order valence-electron chi connectivity index (χ2n) is 7.16. The minimum Gasteiger partial charge on any atom is -0.344 e. The highest BCUT2D eigenvalue weighted by Crippen LogP contribution is 2.32. The van der Waals surface area contributed by atoms with Crippen molar-refractivity contribution in [1.29, 1.82) is 0 Å². The van der Waals surface area contributed by atoms with E-state index in [9.17, 15) is 14.0 Å². The Labute approximate surface area is 165 Å². The van der Waals surface area contributed by atoms with Crippen molar-refractivity contribution in [1.82, 2.24) is 15.5 Å². The van der Waals surface area contributed by atoms with Gasteiger partial charge in [-0.25, -0.2) is 4.39 Å². The summed E-state index contributed by atoms with van der Waals surface area (Å²) in [6.45, 7) is 0. The van der Waals surface area contributed by atoms with Gasteiger partial charge in [-0.3, -0.25) is 14.7 Å². The smallest absolute Gasteiger partial charge is 0.246 e. The van der Waals surface area contributed by atoms with Crippen molar-refractivity contribution in [3.63, 3.8) is 0 Å². The Hall–Kier alpha value is -3.74. The first-order valence-corrected chi connectivity index (χ1v) is 9.35. The minimum absolute atomic E-state index is 0.153. The molecule has 1 atom stereocenters. The van der Waals surface area contributed by atoms with Crippen LogP contribution >= 0.6 is 0 Å². The van der Waals surface area contributed by atoms with Gasteiger partial charge in [-0.2, -0.15) is 5.10 Å². The van der Waals surface area contributed by atoms with E-state index in [4.69, 9.17) is 0 Å². The van der Waals surface area contributed by atoms with Crippen molar-refractivity contribution in [3.05, 3.63) is 60.4 Å². The van der Waals surface area contributed by atoms with Crippen LogP contribution in [0.5, 0.6) is 0 Å². The molecule has 0 saturated carbocycles. The first kappa shape index (κ1) is 17.4. The van der Waals surface area contributed by atoms with Gasteiger partial charge in [-0.15, -0.1) is 0 Å². The molecule has 1 fully saturated rings. The maximum absolute atomic E-state index is 14.6. The number of rotatable bonds is 3. The van der Waals surface area contributed by atoms with Crippen LogP contribution in [0.2, 0.25) is 0 Å². The van der Waals surface area contributed by atoms with Crippen LogP contribution in [-0.4, -0.2) is 28.1 Å². The Morgan fingerprint density at radius 2 is 1.93 bits per heavy atom. The zero-order valence-electron chi connectivity index (χ0n) is 15.3. The maximum Gasteiger partial charge on any atom is 0.246 e. The maximum atomic E-state index is 14.6. The quantitative estimate of drug-likeness (QED) is 0.500. The zero-order valence-corrected chi connectivity index (χ0v) is 15.3. The number of anilines is 1. The molecule has 0 bridgehead atoms. The van der Waals surface area contributed by atoms with Crippen LogP contribution in [0.4, 0.5) is 10.1 Å². The van der Waals surface area contributed by atoms with Gasteiger partial charge < -0.3 is 10.6 Å². The number of nitrogens with zero attached hydrogens (tertiary/aromatic N) is 1. The van der Waals surface area contributed by atoms with E-state index >= 15 is 0 Å². The van der Waals surface area contributed by atoms with E-state index in [0.717, 1.165) is 16.3 Å². The highest BCUT2D eigenvalue weighted by atomic mass is 19.1. The molecular formula is C22H17FN4O2. The zero-order chi connectivity index (χ0) is 20.0. The van der Waals surface area contributed by atoms with E-state index in [-0.39, 0.29) is 17.3 Å². The van der Waals surface area contributed by atoms with Crippen molar-refractivity contribution in [2.45, 2.75) is 18.9 Å². The second kappa shape index (κ2) is 6.70. The summed E-state index contributed by atoms with van der Waals surface area (Å²) in [5, 5.41) is 15.1. The van der Waals surface area contributed by atoms with Gasteiger partial charge in [-0.1, -0.05) is 36.4 Å². The second-order valence-corrected chi connectivity index (χ2v) is 7.16. The third-order valence-corrected chi connectivity index (χ3v) is 5.23. The predicted molar refractivity (Wildman–Crippen MR) is 109 cm³/mol. The van der Waals surface area contributed by atoms with Crippen molar-refractivity contribution in [2.75, 3.05) is 5.32 Å².